The Labute approximate surface area is 585 Å². The quantitative estimate of drug-likeness (QED) is 0.0382. The molecule has 12 rings (SSSR count). The fourth-order valence-corrected chi connectivity index (χ4v) is 7.08. The van der Waals surface area contributed by atoms with Gasteiger partial charge >= 0.3 is 50.9 Å². The zero-order valence-electron chi connectivity index (χ0n) is 49.5. The van der Waals surface area contributed by atoms with E-state index in [9.17, 15) is 9.59 Å². The maximum Gasteiger partial charge on any atom is 2.00 e. The Bertz CT molecular complexity index is 3490. The molecule has 24 nitrogen and oxygen atoms in total. The Kier molecular flexibility index (Phi) is 45.7. The summed E-state index contributed by atoms with van der Waals surface area (Å²) in [6.45, 7) is 19.1. The van der Waals surface area contributed by atoms with Crippen molar-refractivity contribution in [2.45, 2.75) is 13.2 Å². The van der Waals surface area contributed by atoms with Crippen molar-refractivity contribution in [3.05, 3.63) is 317 Å². The van der Waals surface area contributed by atoms with Gasteiger partial charge in [-0.15, -0.1) is 0 Å². The molecule has 0 saturated carbocycles. The first-order chi connectivity index (χ1) is 45.3. The van der Waals surface area contributed by atoms with Crippen LogP contribution in [0, 0.1) is 47.3 Å². The number of aromatic carboxylic acids is 2. The van der Waals surface area contributed by atoms with E-state index in [-0.39, 0.29) is 82.8 Å². The molecule has 0 aliphatic rings. The average Bonchev–Trinajstić information content (AvgIpc) is 1.31. The minimum absolute atomic E-state index is 0. The third-order valence-electron chi connectivity index (χ3n) is 11.0. The number of pyridine rings is 12. The van der Waals surface area contributed by atoms with Gasteiger partial charge in [-0.1, -0.05) is 48.5 Å². The fraction of sp³-hybridized carbons (Fsp3) is 0.0294. The van der Waals surface area contributed by atoms with Crippen LogP contribution in [0.5, 0.6) is 0 Å². The van der Waals surface area contributed by atoms with Crippen LogP contribution in [0.2, 0.25) is 0 Å². The summed E-state index contributed by atoms with van der Waals surface area (Å²) in [6.07, 6.45) is 20.0. The molecule has 0 atom stereocenters. The maximum atomic E-state index is 10.9. The van der Waals surface area contributed by atoms with Gasteiger partial charge in [-0.05, 0) is 157 Å². The van der Waals surface area contributed by atoms with Gasteiger partial charge in [-0.3, -0.25) is 70.3 Å². The van der Waals surface area contributed by atoms with E-state index >= 15 is 0 Å². The predicted molar refractivity (Wildman–Crippen MR) is 333 cm³/mol. The largest absolute Gasteiger partial charge is 2.00 e. The second-order valence-corrected chi connectivity index (χ2v) is 16.8. The van der Waals surface area contributed by atoms with Crippen molar-refractivity contribution in [3.8, 4) is 68.3 Å². The Morgan fingerprint density at radius 2 is 0.463 bits per heavy atom. The van der Waals surface area contributed by atoms with Gasteiger partial charge in [-0.2, -0.15) is 0 Å². The first-order valence-electron chi connectivity index (χ1n) is 26.3. The van der Waals surface area contributed by atoms with Crippen LogP contribution < -0.4 is 0 Å². The molecule has 95 heavy (non-hydrogen) atoms. The molecule has 12 aromatic rings. The van der Waals surface area contributed by atoms with Gasteiger partial charge in [0.05, 0.1) is 79.5 Å². The summed E-state index contributed by atoms with van der Waals surface area (Å²) >= 11 is 0. The summed E-state index contributed by atoms with van der Waals surface area (Å²) in [5, 5.41) is 59.6. The second kappa shape index (κ2) is 52.1. The Balaban J connectivity index is 0.00000109. The van der Waals surface area contributed by atoms with Crippen molar-refractivity contribution < 1.29 is 98.5 Å². The van der Waals surface area contributed by atoms with Gasteiger partial charge in [-0.25, -0.2) is 19.4 Å². The average molecular weight is 1520 g/mol. The first-order valence-corrected chi connectivity index (χ1v) is 26.3. The molecular formula is C68H52N16O8Ru3. The molecule has 12 aromatic heterocycles. The number of nitrogens with zero attached hydrogens (tertiary/aromatic N) is 16. The molecular weight excluding hydrogens is 1470 g/mol. The zero-order valence-corrected chi connectivity index (χ0v) is 54.7. The molecule has 0 fully saturated rings. The van der Waals surface area contributed by atoms with Crippen molar-refractivity contribution in [1.82, 2.24) is 59.8 Å². The number of hydrogen-bond donors (Lipinski definition) is 4. The molecule has 0 bridgehead atoms. The van der Waals surface area contributed by atoms with Crippen LogP contribution in [-0.4, -0.2) is 92.5 Å². The van der Waals surface area contributed by atoms with Gasteiger partial charge in [0.2, 0.25) is 0 Å². The maximum absolute atomic E-state index is 10.9. The molecule has 0 aromatic carbocycles. The summed E-state index contributed by atoms with van der Waals surface area (Å²) in [7, 11) is 0. The summed E-state index contributed by atoms with van der Waals surface area (Å²) in [5.41, 5.74) is 11.0. The van der Waals surface area contributed by atoms with E-state index in [0.29, 0.717) is 33.9 Å². The number of rotatable bonds is 12. The Hall–Kier alpha value is -11.6. The molecule has 0 unspecified atom stereocenters. The predicted octanol–water partition coefficient (Wildman–Crippen LogP) is 12.6. The minimum Gasteiger partial charge on any atom is -0.512 e. The van der Waals surface area contributed by atoms with Crippen LogP contribution in [0.3, 0.4) is 0 Å². The summed E-state index contributed by atoms with van der Waals surface area (Å²) in [6, 6.07) is 58.8. The third-order valence-corrected chi connectivity index (χ3v) is 11.0. The number of aromatic nitrogens is 12. The van der Waals surface area contributed by atoms with E-state index in [0.717, 1.165) is 45.6 Å². The van der Waals surface area contributed by atoms with Crippen LogP contribution >= 0.6 is 0 Å². The molecule has 27 heteroatoms. The molecule has 4 N–H and O–H groups in total. The van der Waals surface area contributed by atoms with Gasteiger partial charge in [0.15, 0.2) is 0 Å². The molecule has 0 radical (unpaired) electrons. The number of carbonyl (C=O) groups is 2. The van der Waals surface area contributed by atoms with Crippen LogP contribution in [0.4, 0.5) is 0 Å². The van der Waals surface area contributed by atoms with E-state index in [1.165, 1.54) is 36.7 Å². The van der Waals surface area contributed by atoms with Crippen molar-refractivity contribution in [2.75, 3.05) is 0 Å². The topological polar surface area (TPSA) is 383 Å². The van der Waals surface area contributed by atoms with Crippen LogP contribution in [0.15, 0.2) is 268 Å². The van der Waals surface area contributed by atoms with Crippen molar-refractivity contribution in [3.63, 3.8) is 0 Å². The molecule has 12 heterocycles. The fourth-order valence-electron chi connectivity index (χ4n) is 7.08. The van der Waals surface area contributed by atoms with E-state index < -0.39 is 11.9 Å². The molecule has 0 saturated heterocycles. The second-order valence-electron chi connectivity index (χ2n) is 16.8. The zero-order chi connectivity index (χ0) is 66.8. The summed E-state index contributed by atoms with van der Waals surface area (Å²) < 4.78 is 0. The summed E-state index contributed by atoms with van der Waals surface area (Å²) in [4.78, 5) is 79.6. The van der Waals surface area contributed by atoms with Crippen LogP contribution in [0.1, 0.15) is 31.8 Å². The number of hydrogen-bond acceptors (Lipinski definition) is 22. The minimum atomic E-state index is -1.02. The number of carboxylic acid groups (broad SMARTS) is 2. The normalized spacial score (nSPS) is 8.86. The molecule has 0 spiro atoms. The van der Waals surface area contributed by atoms with E-state index in [1.54, 1.807) is 86.2 Å². The molecule has 0 amide bonds. The van der Waals surface area contributed by atoms with Gasteiger partial charge < -0.3 is 57.5 Å². The Morgan fingerprint density at radius 3 is 0.632 bits per heavy atom. The van der Waals surface area contributed by atoms with Crippen LogP contribution in [-0.2, 0) is 81.4 Å². The van der Waals surface area contributed by atoms with E-state index in [2.05, 4.69) is 69.6 Å². The van der Waals surface area contributed by atoms with Gasteiger partial charge in [0.25, 0.3) is 0 Å². The van der Waals surface area contributed by atoms with Crippen molar-refractivity contribution in [2.24, 2.45) is 0 Å². The number of carboxylic acids is 2. The van der Waals surface area contributed by atoms with Crippen LogP contribution in [0.25, 0.3) is 68.3 Å². The van der Waals surface area contributed by atoms with Crippen molar-refractivity contribution in [1.29, 1.82) is 21.0 Å². The third kappa shape index (κ3) is 31.3. The standard InChI is InChI=1S/2C12H10N2O4.4C10H8N2.4CN.3Ru/c2*15-12(16)9-2-4-14-11(6-9)10-5-8(7-18-17)1-3-13-10;4*1-3-7-11-9(5-1)10-6-2-4-8-12-10;4*1-2;;;/h2*1-6,17H,7H2,(H,15,16);4*1-8H;;;;;;;/q;;;;;;4*-1;;2*+2. The Morgan fingerprint density at radius 1 is 0.284 bits per heavy atom. The SMILES string of the molecule is O=C(O)c1ccnc(-c2cc(COO)ccn2)c1.O=C(O)c1ccnc(-c2cc(COO)ccn2)c1.[C-]#N.[C-]#N.[C-]#N.[C-]#N.[Ru+2].[Ru+2].[Ru].c1ccc(-c2ccccn2)nc1.c1ccc(-c2ccccn2)nc1.c1ccc(-c2ccccn2)nc1.c1ccc(-c2ccccn2)nc1. The first kappa shape index (κ1) is 83.4. The monoisotopic (exact) mass is 1530 g/mol. The van der Waals surface area contributed by atoms with Crippen molar-refractivity contribution >= 4 is 11.9 Å². The molecule has 476 valence electrons. The smallest absolute Gasteiger partial charge is 0.512 e. The van der Waals surface area contributed by atoms with Gasteiger partial charge in [0.1, 0.15) is 13.2 Å². The van der Waals surface area contributed by atoms with Gasteiger partial charge in [0, 0.05) is 93.8 Å². The summed E-state index contributed by atoms with van der Waals surface area (Å²) in [5.74, 6) is -2.04. The molecule has 0 aliphatic heterocycles. The molecule has 0 aliphatic carbocycles. The van der Waals surface area contributed by atoms with E-state index in [1.807, 2.05) is 146 Å². The van der Waals surface area contributed by atoms with E-state index in [4.69, 9.17) is 68.1 Å².